The first kappa shape index (κ1) is 15.1. The van der Waals surface area contributed by atoms with Gasteiger partial charge in [0.05, 0.1) is 6.10 Å². The third kappa shape index (κ3) is 4.33. The van der Waals surface area contributed by atoms with Crippen molar-refractivity contribution in [3.63, 3.8) is 0 Å². The van der Waals surface area contributed by atoms with Gasteiger partial charge in [0, 0.05) is 13.0 Å². The Balaban J connectivity index is 2.23. The van der Waals surface area contributed by atoms with Crippen LogP contribution in [-0.2, 0) is 11.2 Å². The number of hydrogen-bond donors (Lipinski definition) is 1. The average molecular weight is 286 g/mol. The molecule has 1 unspecified atom stereocenters. The number of rotatable bonds is 6. The van der Waals surface area contributed by atoms with Gasteiger partial charge in [0.2, 0.25) is 0 Å². The number of para-hydroxylation sites is 1. The lowest BCUT2D eigenvalue weighted by molar-refractivity contribution is 0.0621. The molecular weight excluding hydrogens is 268 g/mol. The minimum atomic E-state index is -1.31. The van der Waals surface area contributed by atoms with Crippen molar-refractivity contribution in [2.24, 2.45) is 0 Å². The fraction of sp³-hybridized carbons (Fsp3) is 0.235. The molecule has 110 valence electrons. The van der Waals surface area contributed by atoms with Gasteiger partial charge in [-0.2, -0.15) is 0 Å². The number of hydrogen-bond acceptors (Lipinski definition) is 3. The molecule has 0 heterocycles. The molecule has 0 amide bonds. The topological polar surface area (TPSA) is 55.8 Å². The molecule has 0 spiro atoms. The van der Waals surface area contributed by atoms with Crippen molar-refractivity contribution in [2.45, 2.75) is 19.4 Å². The summed E-state index contributed by atoms with van der Waals surface area (Å²) >= 11 is 0. The van der Waals surface area contributed by atoms with E-state index < -0.39 is 6.16 Å². The molecule has 21 heavy (non-hydrogen) atoms. The monoisotopic (exact) mass is 286 g/mol. The Labute approximate surface area is 123 Å². The Morgan fingerprint density at radius 1 is 1.10 bits per heavy atom. The van der Waals surface area contributed by atoms with Gasteiger partial charge in [-0.05, 0) is 24.1 Å². The number of carboxylic acid groups (broad SMARTS) is 1. The zero-order valence-corrected chi connectivity index (χ0v) is 11.9. The van der Waals surface area contributed by atoms with Crippen LogP contribution in [-0.4, -0.2) is 17.9 Å². The van der Waals surface area contributed by atoms with Crippen molar-refractivity contribution >= 4 is 6.16 Å². The summed E-state index contributed by atoms with van der Waals surface area (Å²) in [5, 5.41) is 8.79. The first-order valence-corrected chi connectivity index (χ1v) is 6.86. The lowest BCUT2D eigenvalue weighted by atomic mass is 10.0. The van der Waals surface area contributed by atoms with E-state index >= 15 is 0 Å². The van der Waals surface area contributed by atoms with Gasteiger partial charge in [-0.3, -0.25) is 0 Å². The molecule has 0 aliphatic carbocycles. The van der Waals surface area contributed by atoms with Crippen LogP contribution in [0.2, 0.25) is 0 Å². The summed E-state index contributed by atoms with van der Waals surface area (Å²) in [7, 11) is 0. The van der Waals surface area contributed by atoms with Crippen LogP contribution in [0.15, 0.2) is 54.6 Å². The van der Waals surface area contributed by atoms with E-state index in [2.05, 4.69) is 0 Å². The molecule has 0 saturated heterocycles. The minimum absolute atomic E-state index is 0.130. The van der Waals surface area contributed by atoms with E-state index in [1.165, 1.54) is 0 Å². The predicted octanol–water partition coefficient (Wildman–Crippen LogP) is 4.06. The molecule has 0 fully saturated rings. The zero-order chi connectivity index (χ0) is 15.1. The first-order chi connectivity index (χ1) is 10.2. The third-order valence-corrected chi connectivity index (χ3v) is 3.11. The molecule has 0 aromatic heterocycles. The van der Waals surface area contributed by atoms with Gasteiger partial charge in [0.1, 0.15) is 5.75 Å². The van der Waals surface area contributed by atoms with Crippen molar-refractivity contribution < 1.29 is 19.4 Å². The van der Waals surface area contributed by atoms with E-state index in [1.807, 2.05) is 49.4 Å². The third-order valence-electron chi connectivity index (χ3n) is 3.11. The van der Waals surface area contributed by atoms with E-state index in [9.17, 15) is 4.79 Å². The molecule has 4 heteroatoms. The van der Waals surface area contributed by atoms with Crippen molar-refractivity contribution in [1.82, 2.24) is 0 Å². The van der Waals surface area contributed by atoms with E-state index in [4.69, 9.17) is 14.6 Å². The van der Waals surface area contributed by atoms with Crippen molar-refractivity contribution in [2.75, 3.05) is 6.61 Å². The van der Waals surface area contributed by atoms with Crippen LogP contribution in [0, 0.1) is 0 Å². The Morgan fingerprint density at radius 3 is 2.43 bits per heavy atom. The minimum Gasteiger partial charge on any atom is -0.449 e. The van der Waals surface area contributed by atoms with Crippen LogP contribution < -0.4 is 4.74 Å². The van der Waals surface area contributed by atoms with Gasteiger partial charge in [0.25, 0.3) is 0 Å². The van der Waals surface area contributed by atoms with Gasteiger partial charge in [0.15, 0.2) is 0 Å². The molecule has 0 radical (unpaired) electrons. The number of benzene rings is 2. The molecule has 4 nitrogen and oxygen atoms in total. The van der Waals surface area contributed by atoms with Gasteiger partial charge in [-0.25, -0.2) is 4.79 Å². The van der Waals surface area contributed by atoms with Crippen LogP contribution >= 0.6 is 0 Å². The highest BCUT2D eigenvalue weighted by Crippen LogP contribution is 2.27. The van der Waals surface area contributed by atoms with Crippen LogP contribution in [0.3, 0.4) is 0 Å². The van der Waals surface area contributed by atoms with Crippen molar-refractivity contribution in [1.29, 1.82) is 0 Å². The van der Waals surface area contributed by atoms with Gasteiger partial charge < -0.3 is 14.6 Å². The summed E-state index contributed by atoms with van der Waals surface area (Å²) in [6.07, 6.45) is -0.883. The van der Waals surface area contributed by atoms with Crippen LogP contribution in [0.1, 0.15) is 24.2 Å². The molecule has 1 N–H and O–H groups in total. The molecule has 0 aliphatic heterocycles. The highest BCUT2D eigenvalue weighted by atomic mass is 16.7. The normalized spacial score (nSPS) is 11.9. The molecule has 0 saturated carbocycles. The summed E-state index contributed by atoms with van der Waals surface area (Å²) in [6, 6.07) is 17.0. The number of carbonyl (C=O) groups is 1. The second kappa shape index (κ2) is 7.45. The fourth-order valence-corrected chi connectivity index (χ4v) is 2.21. The van der Waals surface area contributed by atoms with Crippen LogP contribution in [0.5, 0.6) is 5.75 Å². The second-order valence-corrected chi connectivity index (χ2v) is 4.53. The summed E-state index contributed by atoms with van der Waals surface area (Å²) in [5.74, 6) is 0.352. The molecular formula is C17H18O4. The van der Waals surface area contributed by atoms with Crippen molar-refractivity contribution in [3.05, 3.63) is 65.7 Å². The van der Waals surface area contributed by atoms with Gasteiger partial charge in [-0.15, -0.1) is 0 Å². The highest BCUT2D eigenvalue weighted by Gasteiger charge is 2.16. The van der Waals surface area contributed by atoms with E-state index in [1.54, 1.807) is 12.1 Å². The SMILES string of the molecule is CCOC(Cc1ccccc1OC(=O)O)c1ccccc1. The standard InChI is InChI=1S/C17H18O4/c1-2-20-16(13-8-4-3-5-9-13)12-14-10-6-7-11-15(14)21-17(18)19/h3-11,16H,2,12H2,1H3,(H,18,19). The van der Waals surface area contributed by atoms with Crippen molar-refractivity contribution in [3.8, 4) is 5.75 Å². The summed E-state index contributed by atoms with van der Waals surface area (Å²) in [6.45, 7) is 2.52. The quantitative estimate of drug-likeness (QED) is 0.642. The van der Waals surface area contributed by atoms with Gasteiger partial charge >= 0.3 is 6.16 Å². The maximum Gasteiger partial charge on any atom is 0.511 e. The first-order valence-electron chi connectivity index (χ1n) is 6.86. The molecule has 2 aromatic rings. The summed E-state index contributed by atoms with van der Waals surface area (Å²) in [5.41, 5.74) is 1.87. The largest absolute Gasteiger partial charge is 0.511 e. The highest BCUT2D eigenvalue weighted by molar-refractivity contribution is 5.62. The second-order valence-electron chi connectivity index (χ2n) is 4.53. The van der Waals surface area contributed by atoms with E-state index in [0.717, 1.165) is 11.1 Å². The lowest BCUT2D eigenvalue weighted by Gasteiger charge is -2.18. The lowest BCUT2D eigenvalue weighted by Crippen LogP contribution is -2.10. The zero-order valence-electron chi connectivity index (χ0n) is 11.9. The maximum atomic E-state index is 10.7. The average Bonchev–Trinajstić information content (AvgIpc) is 2.49. The smallest absolute Gasteiger partial charge is 0.449 e. The van der Waals surface area contributed by atoms with Crippen LogP contribution in [0.25, 0.3) is 0 Å². The Hall–Kier alpha value is -2.33. The fourth-order valence-electron chi connectivity index (χ4n) is 2.21. The van der Waals surface area contributed by atoms with E-state index in [-0.39, 0.29) is 6.10 Å². The van der Waals surface area contributed by atoms with Crippen LogP contribution in [0.4, 0.5) is 4.79 Å². The summed E-state index contributed by atoms with van der Waals surface area (Å²) in [4.78, 5) is 10.7. The Bertz CT molecular complexity index is 580. The molecule has 1 atom stereocenters. The number of ether oxygens (including phenoxy) is 2. The Morgan fingerprint density at radius 2 is 1.76 bits per heavy atom. The molecule has 0 aliphatic rings. The molecule has 0 bridgehead atoms. The van der Waals surface area contributed by atoms with E-state index in [0.29, 0.717) is 18.8 Å². The molecule has 2 rings (SSSR count). The molecule has 2 aromatic carbocycles. The van der Waals surface area contributed by atoms with Gasteiger partial charge in [-0.1, -0.05) is 48.5 Å². The maximum absolute atomic E-state index is 10.7. The summed E-state index contributed by atoms with van der Waals surface area (Å²) < 4.78 is 10.6. The Kier molecular flexibility index (Phi) is 5.35. The predicted molar refractivity (Wildman–Crippen MR) is 79.6 cm³/mol.